The van der Waals surface area contributed by atoms with Gasteiger partial charge in [-0.3, -0.25) is 18.9 Å². The highest BCUT2D eigenvalue weighted by Gasteiger charge is 2.20. The number of hydrogen-bond acceptors (Lipinski definition) is 4. The molecule has 0 radical (unpaired) electrons. The molecule has 26 heavy (non-hydrogen) atoms. The van der Waals surface area contributed by atoms with E-state index in [0.29, 0.717) is 5.02 Å². The minimum absolute atomic E-state index is 0.0994. The minimum Gasteiger partial charge on any atom is -0.304 e. The molecular formula is C17H13Cl2N5O2. The Kier molecular flexibility index (Phi) is 3.86. The Morgan fingerprint density at radius 1 is 1.08 bits per heavy atom. The molecule has 0 amide bonds. The van der Waals surface area contributed by atoms with Gasteiger partial charge in [-0.1, -0.05) is 23.7 Å². The maximum atomic E-state index is 12.7. The summed E-state index contributed by atoms with van der Waals surface area (Å²) in [7, 11) is 2.96. The monoisotopic (exact) mass is 389 g/mol. The summed E-state index contributed by atoms with van der Waals surface area (Å²) in [5.74, 6) is 0. The predicted octanol–water partition coefficient (Wildman–Crippen LogP) is 2.34. The fourth-order valence-electron chi connectivity index (χ4n) is 3.05. The molecule has 0 bridgehead atoms. The van der Waals surface area contributed by atoms with Gasteiger partial charge in [0.2, 0.25) is 5.28 Å². The standard InChI is InChI=1S/C17H13Cl2N5O2/c1-22-14-13(15(25)23(2)17(22)26)24(16(19)21-14)8-10-11(18)6-5-9-4-3-7-20-12(9)10/h3-7H,8H2,1-2H3. The van der Waals surface area contributed by atoms with Crippen LogP contribution < -0.4 is 11.2 Å². The molecule has 9 heteroatoms. The molecule has 3 aromatic heterocycles. The first-order valence-corrected chi connectivity index (χ1v) is 8.49. The van der Waals surface area contributed by atoms with Crippen molar-refractivity contribution in [3.8, 4) is 0 Å². The Hall–Kier alpha value is -2.64. The summed E-state index contributed by atoms with van der Waals surface area (Å²) >= 11 is 12.7. The lowest BCUT2D eigenvalue weighted by molar-refractivity contribution is 0.702. The summed E-state index contributed by atoms with van der Waals surface area (Å²) in [6.45, 7) is 0.204. The van der Waals surface area contributed by atoms with Gasteiger partial charge in [0.05, 0.1) is 12.1 Å². The first-order valence-electron chi connectivity index (χ1n) is 7.74. The number of benzene rings is 1. The van der Waals surface area contributed by atoms with Crippen LogP contribution in [-0.4, -0.2) is 23.7 Å². The first kappa shape index (κ1) is 16.8. The molecule has 4 rings (SSSR count). The van der Waals surface area contributed by atoms with E-state index in [0.717, 1.165) is 21.0 Å². The maximum Gasteiger partial charge on any atom is 0.332 e. The molecule has 7 nitrogen and oxygen atoms in total. The van der Waals surface area contributed by atoms with Gasteiger partial charge >= 0.3 is 5.69 Å². The molecular weight excluding hydrogens is 377 g/mol. The van der Waals surface area contributed by atoms with Crippen LogP contribution in [0.2, 0.25) is 10.3 Å². The van der Waals surface area contributed by atoms with Crippen molar-refractivity contribution in [2.45, 2.75) is 6.54 Å². The van der Waals surface area contributed by atoms with E-state index >= 15 is 0 Å². The molecule has 1 aromatic carbocycles. The van der Waals surface area contributed by atoms with Crippen molar-refractivity contribution in [1.29, 1.82) is 0 Å². The third kappa shape index (κ3) is 2.35. The van der Waals surface area contributed by atoms with Crippen LogP contribution in [0.15, 0.2) is 40.1 Å². The molecule has 0 N–H and O–H groups in total. The quantitative estimate of drug-likeness (QED) is 0.493. The lowest BCUT2D eigenvalue weighted by Gasteiger charge is -2.11. The molecule has 132 valence electrons. The molecule has 0 saturated carbocycles. The number of hydrogen-bond donors (Lipinski definition) is 0. The molecule has 4 aromatic rings. The van der Waals surface area contributed by atoms with Gasteiger partial charge in [-0.05, 0) is 23.7 Å². The fraction of sp³-hybridized carbons (Fsp3) is 0.176. The lowest BCUT2D eigenvalue weighted by Crippen LogP contribution is -2.37. The topological polar surface area (TPSA) is 74.7 Å². The van der Waals surface area contributed by atoms with Crippen LogP contribution in [0.3, 0.4) is 0 Å². The molecule has 0 fully saturated rings. The van der Waals surface area contributed by atoms with E-state index in [-0.39, 0.29) is 23.0 Å². The van der Waals surface area contributed by atoms with Crippen molar-refractivity contribution in [2.24, 2.45) is 14.1 Å². The summed E-state index contributed by atoms with van der Waals surface area (Å²) in [6.07, 6.45) is 1.68. The number of nitrogens with zero attached hydrogens (tertiary/aromatic N) is 5. The second kappa shape index (κ2) is 5.96. The van der Waals surface area contributed by atoms with Crippen LogP contribution in [-0.2, 0) is 20.6 Å². The number of rotatable bonds is 2. The van der Waals surface area contributed by atoms with Gasteiger partial charge in [-0.15, -0.1) is 0 Å². The Labute approximate surface area is 157 Å². The molecule has 0 aliphatic rings. The van der Waals surface area contributed by atoms with Gasteiger partial charge in [0.1, 0.15) is 0 Å². The average Bonchev–Trinajstić information content (AvgIpc) is 2.97. The highest BCUT2D eigenvalue weighted by atomic mass is 35.5. The van der Waals surface area contributed by atoms with Crippen molar-refractivity contribution in [3.05, 3.63) is 67.2 Å². The second-order valence-corrected chi connectivity index (χ2v) is 6.69. The number of aryl methyl sites for hydroxylation is 1. The molecule has 0 saturated heterocycles. The van der Waals surface area contributed by atoms with Crippen molar-refractivity contribution in [1.82, 2.24) is 23.7 Å². The van der Waals surface area contributed by atoms with Crippen LogP contribution >= 0.6 is 23.2 Å². The first-order chi connectivity index (χ1) is 12.4. The highest BCUT2D eigenvalue weighted by Crippen LogP contribution is 2.27. The second-order valence-electron chi connectivity index (χ2n) is 5.95. The number of fused-ring (bicyclic) bond motifs is 2. The largest absolute Gasteiger partial charge is 0.332 e. The van der Waals surface area contributed by atoms with Crippen molar-refractivity contribution in [2.75, 3.05) is 0 Å². The molecule has 0 aliphatic heterocycles. The SMILES string of the molecule is Cn1c(=O)c2c(nc(Cl)n2Cc2c(Cl)ccc3cccnc23)n(C)c1=O. The van der Waals surface area contributed by atoms with Crippen molar-refractivity contribution >= 4 is 45.3 Å². The van der Waals surface area contributed by atoms with Crippen molar-refractivity contribution < 1.29 is 0 Å². The average molecular weight is 390 g/mol. The van der Waals surface area contributed by atoms with E-state index in [9.17, 15) is 9.59 Å². The van der Waals surface area contributed by atoms with Gasteiger partial charge < -0.3 is 4.57 Å². The van der Waals surface area contributed by atoms with Crippen molar-refractivity contribution in [3.63, 3.8) is 0 Å². The normalized spacial score (nSPS) is 11.5. The predicted molar refractivity (Wildman–Crippen MR) is 101 cm³/mol. The third-order valence-corrected chi connectivity index (χ3v) is 5.08. The zero-order chi connectivity index (χ0) is 18.6. The Bertz CT molecular complexity index is 1300. The number of imidazole rings is 1. The van der Waals surface area contributed by atoms with E-state index < -0.39 is 11.2 Å². The molecule has 0 spiro atoms. The van der Waals surface area contributed by atoms with Crippen LogP contribution in [0.4, 0.5) is 0 Å². The Balaban J connectivity index is 2.04. The summed E-state index contributed by atoms with van der Waals surface area (Å²) in [5.41, 5.74) is 0.984. The summed E-state index contributed by atoms with van der Waals surface area (Å²) in [4.78, 5) is 33.4. The molecule has 3 heterocycles. The summed E-state index contributed by atoms with van der Waals surface area (Å²) in [5, 5.41) is 1.53. The van der Waals surface area contributed by atoms with Crippen LogP contribution in [0, 0.1) is 0 Å². The van der Waals surface area contributed by atoms with Gasteiger partial charge in [0, 0.05) is 36.3 Å². The number of pyridine rings is 1. The maximum absolute atomic E-state index is 12.7. The number of halogens is 2. The smallest absolute Gasteiger partial charge is 0.304 e. The Morgan fingerprint density at radius 3 is 2.62 bits per heavy atom. The van der Waals surface area contributed by atoms with Gasteiger partial charge in [-0.2, -0.15) is 4.98 Å². The van der Waals surface area contributed by atoms with E-state index in [1.54, 1.807) is 23.9 Å². The third-order valence-electron chi connectivity index (χ3n) is 4.44. The molecule has 0 aliphatic carbocycles. The van der Waals surface area contributed by atoms with Gasteiger partial charge in [0.25, 0.3) is 5.56 Å². The van der Waals surface area contributed by atoms with E-state index in [1.807, 2.05) is 18.2 Å². The van der Waals surface area contributed by atoms with Crippen LogP contribution in [0.5, 0.6) is 0 Å². The minimum atomic E-state index is -0.466. The molecule has 0 unspecified atom stereocenters. The summed E-state index contributed by atoms with van der Waals surface area (Å²) in [6, 6.07) is 7.43. The van der Waals surface area contributed by atoms with Crippen LogP contribution in [0.25, 0.3) is 22.1 Å². The van der Waals surface area contributed by atoms with E-state index in [4.69, 9.17) is 23.2 Å². The zero-order valence-electron chi connectivity index (χ0n) is 13.9. The fourth-order valence-corrected chi connectivity index (χ4v) is 3.49. The Morgan fingerprint density at radius 2 is 1.85 bits per heavy atom. The van der Waals surface area contributed by atoms with Gasteiger partial charge in [0.15, 0.2) is 11.2 Å². The summed E-state index contributed by atoms with van der Waals surface area (Å²) < 4.78 is 3.87. The highest BCUT2D eigenvalue weighted by molar-refractivity contribution is 6.32. The van der Waals surface area contributed by atoms with Crippen LogP contribution in [0.1, 0.15) is 5.56 Å². The number of aromatic nitrogens is 5. The molecule has 0 atom stereocenters. The lowest BCUT2D eigenvalue weighted by atomic mass is 10.1. The van der Waals surface area contributed by atoms with E-state index in [2.05, 4.69) is 9.97 Å². The van der Waals surface area contributed by atoms with E-state index in [1.165, 1.54) is 11.6 Å². The van der Waals surface area contributed by atoms with Gasteiger partial charge in [-0.25, -0.2) is 4.79 Å². The zero-order valence-corrected chi connectivity index (χ0v) is 15.4.